The van der Waals surface area contributed by atoms with Crippen molar-refractivity contribution in [2.75, 3.05) is 6.26 Å². The Labute approximate surface area is 65.8 Å². The SMILES string of the molecule is CSn1cnc(C(C)C)c1. The highest BCUT2D eigenvalue weighted by molar-refractivity contribution is 7.97. The Morgan fingerprint density at radius 1 is 1.60 bits per heavy atom. The van der Waals surface area contributed by atoms with E-state index in [2.05, 4.69) is 25.0 Å². The average Bonchev–Trinajstić information content (AvgIpc) is 2.34. The number of rotatable bonds is 2. The highest BCUT2D eigenvalue weighted by Crippen LogP contribution is 2.12. The van der Waals surface area contributed by atoms with Gasteiger partial charge in [-0.2, -0.15) is 0 Å². The van der Waals surface area contributed by atoms with Gasteiger partial charge in [0.1, 0.15) is 6.33 Å². The van der Waals surface area contributed by atoms with Gasteiger partial charge in [-0.3, -0.25) is 3.97 Å². The highest BCUT2D eigenvalue weighted by atomic mass is 32.2. The minimum absolute atomic E-state index is 0.536. The van der Waals surface area contributed by atoms with Gasteiger partial charge >= 0.3 is 0 Å². The fourth-order valence-electron chi connectivity index (χ4n) is 0.719. The van der Waals surface area contributed by atoms with Crippen LogP contribution >= 0.6 is 11.9 Å². The Morgan fingerprint density at radius 3 is 2.60 bits per heavy atom. The summed E-state index contributed by atoms with van der Waals surface area (Å²) in [5.74, 6) is 0.536. The zero-order valence-electron chi connectivity index (χ0n) is 6.53. The van der Waals surface area contributed by atoms with Gasteiger partial charge in [-0.25, -0.2) is 4.98 Å². The van der Waals surface area contributed by atoms with E-state index in [-0.39, 0.29) is 0 Å². The van der Waals surface area contributed by atoms with E-state index in [0.717, 1.165) is 5.69 Å². The Morgan fingerprint density at radius 2 is 2.30 bits per heavy atom. The molecule has 1 aromatic rings. The Kier molecular flexibility index (Phi) is 2.38. The average molecular weight is 156 g/mol. The lowest BCUT2D eigenvalue weighted by Gasteiger charge is -1.95. The second-order valence-corrected chi connectivity index (χ2v) is 3.28. The molecule has 0 amide bonds. The molecule has 0 unspecified atom stereocenters. The number of imidazole rings is 1. The molecule has 0 aliphatic rings. The molecule has 1 heterocycles. The lowest BCUT2D eigenvalue weighted by Crippen LogP contribution is -1.84. The van der Waals surface area contributed by atoms with Crippen molar-refractivity contribution in [2.45, 2.75) is 19.8 Å². The summed E-state index contributed by atoms with van der Waals surface area (Å²) < 4.78 is 2.01. The van der Waals surface area contributed by atoms with Crippen molar-refractivity contribution in [1.29, 1.82) is 0 Å². The van der Waals surface area contributed by atoms with E-state index in [0.29, 0.717) is 5.92 Å². The van der Waals surface area contributed by atoms with E-state index in [1.807, 2.05) is 16.6 Å². The Balaban J connectivity index is 2.78. The van der Waals surface area contributed by atoms with Crippen molar-refractivity contribution in [2.24, 2.45) is 0 Å². The monoisotopic (exact) mass is 156 g/mol. The Hall–Kier alpha value is -0.440. The molecule has 0 aliphatic carbocycles. The molecule has 0 N–H and O–H groups in total. The first kappa shape index (κ1) is 7.66. The summed E-state index contributed by atoms with van der Waals surface area (Å²) in [6.07, 6.45) is 5.95. The maximum Gasteiger partial charge on any atom is 0.105 e. The zero-order valence-corrected chi connectivity index (χ0v) is 7.35. The van der Waals surface area contributed by atoms with E-state index in [1.54, 1.807) is 11.9 Å². The van der Waals surface area contributed by atoms with Crippen LogP contribution in [-0.4, -0.2) is 15.2 Å². The first-order valence-corrected chi connectivity index (χ1v) is 4.50. The molecule has 0 radical (unpaired) electrons. The van der Waals surface area contributed by atoms with Crippen LogP contribution in [-0.2, 0) is 0 Å². The number of hydrogen-bond donors (Lipinski definition) is 0. The van der Waals surface area contributed by atoms with Crippen molar-refractivity contribution in [3.05, 3.63) is 18.2 Å². The first-order valence-electron chi connectivity index (χ1n) is 3.32. The molecule has 56 valence electrons. The fraction of sp³-hybridized carbons (Fsp3) is 0.571. The third-order valence-corrected chi connectivity index (χ3v) is 2.00. The van der Waals surface area contributed by atoms with Crippen molar-refractivity contribution in [1.82, 2.24) is 8.96 Å². The van der Waals surface area contributed by atoms with Gasteiger partial charge < -0.3 is 0 Å². The predicted molar refractivity (Wildman–Crippen MR) is 45.2 cm³/mol. The van der Waals surface area contributed by atoms with E-state index < -0.39 is 0 Å². The van der Waals surface area contributed by atoms with Gasteiger partial charge in [0, 0.05) is 12.5 Å². The standard InChI is InChI=1S/C7H12N2S/c1-6(2)7-4-9(10-3)5-8-7/h4-6H,1-3H3. The van der Waals surface area contributed by atoms with Gasteiger partial charge in [0.25, 0.3) is 0 Å². The summed E-state index contributed by atoms with van der Waals surface area (Å²) in [5, 5.41) is 0. The second-order valence-electron chi connectivity index (χ2n) is 2.50. The molecule has 10 heavy (non-hydrogen) atoms. The molecule has 0 aliphatic heterocycles. The van der Waals surface area contributed by atoms with Crippen LogP contribution in [0.3, 0.4) is 0 Å². The largest absolute Gasteiger partial charge is 0.280 e. The van der Waals surface area contributed by atoms with Gasteiger partial charge in [0.05, 0.1) is 5.69 Å². The minimum atomic E-state index is 0.536. The van der Waals surface area contributed by atoms with Crippen LogP contribution in [0.15, 0.2) is 12.5 Å². The van der Waals surface area contributed by atoms with Crippen LogP contribution in [0, 0.1) is 0 Å². The van der Waals surface area contributed by atoms with Crippen molar-refractivity contribution in [3.8, 4) is 0 Å². The van der Waals surface area contributed by atoms with Crippen LogP contribution < -0.4 is 0 Å². The molecule has 3 heteroatoms. The number of nitrogens with zero attached hydrogens (tertiary/aromatic N) is 2. The van der Waals surface area contributed by atoms with Gasteiger partial charge in [0.15, 0.2) is 0 Å². The summed E-state index contributed by atoms with van der Waals surface area (Å²) >= 11 is 1.66. The molecule has 0 aromatic carbocycles. The zero-order chi connectivity index (χ0) is 7.56. The fourth-order valence-corrected chi connectivity index (χ4v) is 1.07. The van der Waals surface area contributed by atoms with Crippen molar-refractivity contribution >= 4 is 11.9 Å². The summed E-state index contributed by atoms with van der Waals surface area (Å²) in [4.78, 5) is 4.23. The summed E-state index contributed by atoms with van der Waals surface area (Å²) in [5.41, 5.74) is 1.16. The first-order chi connectivity index (χ1) is 4.74. The minimum Gasteiger partial charge on any atom is -0.280 e. The number of hydrogen-bond acceptors (Lipinski definition) is 2. The third-order valence-electron chi connectivity index (χ3n) is 1.38. The van der Waals surface area contributed by atoms with E-state index in [1.165, 1.54) is 0 Å². The molecule has 1 rings (SSSR count). The lowest BCUT2D eigenvalue weighted by atomic mass is 10.2. The summed E-state index contributed by atoms with van der Waals surface area (Å²) in [6.45, 7) is 4.29. The molecule has 0 fully saturated rings. The molecule has 0 bridgehead atoms. The van der Waals surface area contributed by atoms with Crippen LogP contribution in [0.2, 0.25) is 0 Å². The van der Waals surface area contributed by atoms with E-state index >= 15 is 0 Å². The number of aromatic nitrogens is 2. The van der Waals surface area contributed by atoms with Gasteiger partial charge in [-0.05, 0) is 17.9 Å². The van der Waals surface area contributed by atoms with E-state index in [4.69, 9.17) is 0 Å². The molecule has 1 aromatic heterocycles. The topological polar surface area (TPSA) is 17.8 Å². The molecule has 0 saturated heterocycles. The highest BCUT2D eigenvalue weighted by Gasteiger charge is 2.01. The van der Waals surface area contributed by atoms with Crippen molar-refractivity contribution in [3.63, 3.8) is 0 Å². The van der Waals surface area contributed by atoms with Crippen LogP contribution in [0.1, 0.15) is 25.5 Å². The maximum absolute atomic E-state index is 4.23. The van der Waals surface area contributed by atoms with Crippen LogP contribution in [0.5, 0.6) is 0 Å². The molecular formula is C7H12N2S. The van der Waals surface area contributed by atoms with Gasteiger partial charge in [-0.1, -0.05) is 13.8 Å². The third kappa shape index (κ3) is 1.53. The molecule has 0 atom stereocenters. The van der Waals surface area contributed by atoms with Crippen LogP contribution in [0.25, 0.3) is 0 Å². The quantitative estimate of drug-likeness (QED) is 0.653. The predicted octanol–water partition coefficient (Wildman–Crippen LogP) is 2.13. The second kappa shape index (κ2) is 3.10. The summed E-state index contributed by atoms with van der Waals surface area (Å²) in [7, 11) is 0. The Bertz CT molecular complexity index is 205. The maximum atomic E-state index is 4.23. The normalized spacial score (nSPS) is 10.8. The van der Waals surface area contributed by atoms with Crippen LogP contribution in [0.4, 0.5) is 0 Å². The molecule has 2 nitrogen and oxygen atoms in total. The van der Waals surface area contributed by atoms with E-state index in [9.17, 15) is 0 Å². The molecule has 0 spiro atoms. The van der Waals surface area contributed by atoms with Gasteiger partial charge in [-0.15, -0.1) is 0 Å². The molecular weight excluding hydrogens is 144 g/mol. The van der Waals surface area contributed by atoms with Gasteiger partial charge in [0.2, 0.25) is 0 Å². The summed E-state index contributed by atoms with van der Waals surface area (Å²) in [6, 6.07) is 0. The molecule has 0 saturated carbocycles. The lowest BCUT2D eigenvalue weighted by molar-refractivity contribution is 0.832. The smallest absolute Gasteiger partial charge is 0.105 e. The van der Waals surface area contributed by atoms with Crippen molar-refractivity contribution < 1.29 is 0 Å².